The Hall–Kier alpha value is -3.22. The zero-order valence-electron chi connectivity index (χ0n) is 14.4. The first-order valence-corrected chi connectivity index (χ1v) is 8.50. The average molecular weight is 349 g/mol. The van der Waals surface area contributed by atoms with Gasteiger partial charge in [-0.25, -0.2) is 0 Å². The first kappa shape index (κ1) is 16.3. The minimum atomic E-state index is -0.0995. The molecule has 132 valence electrons. The summed E-state index contributed by atoms with van der Waals surface area (Å²) in [6.07, 6.45) is 4.08. The molecule has 0 saturated carbocycles. The molecule has 0 aliphatic carbocycles. The second-order valence-corrected chi connectivity index (χ2v) is 6.38. The Morgan fingerprint density at radius 2 is 2.08 bits per heavy atom. The van der Waals surface area contributed by atoms with E-state index < -0.39 is 0 Å². The van der Waals surface area contributed by atoms with Crippen LogP contribution in [-0.4, -0.2) is 34.6 Å². The summed E-state index contributed by atoms with van der Waals surface area (Å²) in [5, 5.41) is 6.86. The van der Waals surface area contributed by atoms with Gasteiger partial charge in [0.05, 0.1) is 12.5 Å². The largest absolute Gasteiger partial charge is 0.374 e. The van der Waals surface area contributed by atoms with Gasteiger partial charge < -0.3 is 14.7 Å². The third-order valence-electron chi connectivity index (χ3n) is 4.55. The Morgan fingerprint density at radius 3 is 2.92 bits per heavy atom. The molecular weight excluding hydrogens is 330 g/mol. The molecule has 0 spiro atoms. The van der Waals surface area contributed by atoms with Gasteiger partial charge in [-0.15, -0.1) is 0 Å². The predicted molar refractivity (Wildman–Crippen MR) is 96.3 cm³/mol. The molecular formula is C19H19N5O2. The fourth-order valence-electron chi connectivity index (χ4n) is 3.24. The van der Waals surface area contributed by atoms with E-state index in [-0.39, 0.29) is 18.4 Å². The van der Waals surface area contributed by atoms with Gasteiger partial charge in [0, 0.05) is 37.2 Å². The van der Waals surface area contributed by atoms with Crippen LogP contribution in [0.2, 0.25) is 0 Å². The van der Waals surface area contributed by atoms with Crippen molar-refractivity contribution in [2.24, 2.45) is 5.92 Å². The molecule has 1 atom stereocenters. The summed E-state index contributed by atoms with van der Waals surface area (Å²) in [6.45, 7) is 0.910. The lowest BCUT2D eigenvalue weighted by atomic mass is 9.92. The minimum Gasteiger partial charge on any atom is -0.374 e. The number of hydrogen-bond acceptors (Lipinski definition) is 6. The maximum Gasteiger partial charge on any atom is 0.246 e. The molecule has 2 aromatic heterocycles. The SMILES string of the molecule is CN1CC(C(=O)NCc2nc(-c3ccncc3)no2)Cc2ccccc21. The van der Waals surface area contributed by atoms with Crippen LogP contribution in [0.5, 0.6) is 0 Å². The van der Waals surface area contributed by atoms with Crippen LogP contribution in [0.3, 0.4) is 0 Å². The van der Waals surface area contributed by atoms with Gasteiger partial charge in [-0.05, 0) is 30.2 Å². The van der Waals surface area contributed by atoms with Crippen molar-refractivity contribution in [2.45, 2.75) is 13.0 Å². The van der Waals surface area contributed by atoms with Gasteiger partial charge in [-0.2, -0.15) is 4.98 Å². The number of nitrogens with one attached hydrogen (secondary N) is 1. The standard InChI is InChI=1S/C19H19N5O2/c1-24-12-15(10-14-4-2-3-5-16(14)24)19(25)21-11-17-22-18(23-26-17)13-6-8-20-9-7-13/h2-9,15H,10-12H2,1H3,(H,21,25). The summed E-state index contributed by atoms with van der Waals surface area (Å²) in [5.41, 5.74) is 3.21. The molecule has 0 fully saturated rings. The number of carbonyl (C=O) groups excluding carboxylic acids is 1. The lowest BCUT2D eigenvalue weighted by Crippen LogP contribution is -2.41. The van der Waals surface area contributed by atoms with Crippen LogP contribution in [0.4, 0.5) is 5.69 Å². The van der Waals surface area contributed by atoms with E-state index in [4.69, 9.17) is 4.52 Å². The fraction of sp³-hybridized carbons (Fsp3) is 0.263. The minimum absolute atomic E-state index is 0.00462. The smallest absolute Gasteiger partial charge is 0.246 e. The van der Waals surface area contributed by atoms with Crippen molar-refractivity contribution in [1.29, 1.82) is 0 Å². The zero-order valence-corrected chi connectivity index (χ0v) is 14.4. The van der Waals surface area contributed by atoms with Gasteiger partial charge in [0.2, 0.25) is 17.6 Å². The molecule has 0 radical (unpaired) electrons. The van der Waals surface area contributed by atoms with Crippen LogP contribution < -0.4 is 10.2 Å². The molecule has 1 N–H and O–H groups in total. The van der Waals surface area contributed by atoms with Crippen molar-refractivity contribution in [3.8, 4) is 11.4 Å². The Kier molecular flexibility index (Phi) is 4.35. The maximum atomic E-state index is 12.6. The lowest BCUT2D eigenvalue weighted by molar-refractivity contribution is -0.125. The topological polar surface area (TPSA) is 84.2 Å². The lowest BCUT2D eigenvalue weighted by Gasteiger charge is -2.32. The summed E-state index contributed by atoms with van der Waals surface area (Å²) in [4.78, 5) is 23.0. The van der Waals surface area contributed by atoms with Gasteiger partial charge in [-0.3, -0.25) is 9.78 Å². The molecule has 7 heteroatoms. The Balaban J connectivity index is 1.38. The van der Waals surface area contributed by atoms with Crippen LogP contribution in [0.15, 0.2) is 53.3 Å². The van der Waals surface area contributed by atoms with E-state index in [0.29, 0.717) is 18.3 Å². The summed E-state index contributed by atoms with van der Waals surface area (Å²) in [7, 11) is 2.01. The molecule has 1 aliphatic heterocycles. The summed E-state index contributed by atoms with van der Waals surface area (Å²) >= 11 is 0. The molecule has 1 aliphatic rings. The highest BCUT2D eigenvalue weighted by molar-refractivity contribution is 5.81. The van der Waals surface area contributed by atoms with Crippen LogP contribution in [0.25, 0.3) is 11.4 Å². The van der Waals surface area contributed by atoms with Crippen molar-refractivity contribution >= 4 is 11.6 Å². The number of para-hydroxylation sites is 1. The molecule has 1 aromatic carbocycles. The number of nitrogens with zero attached hydrogens (tertiary/aromatic N) is 4. The van der Waals surface area contributed by atoms with Crippen molar-refractivity contribution in [1.82, 2.24) is 20.4 Å². The number of pyridine rings is 1. The number of amides is 1. The quantitative estimate of drug-likeness (QED) is 0.776. The molecule has 4 rings (SSSR count). The Morgan fingerprint density at radius 1 is 1.27 bits per heavy atom. The Bertz CT molecular complexity index is 909. The first-order chi connectivity index (χ1) is 12.7. The third-order valence-corrected chi connectivity index (χ3v) is 4.55. The van der Waals surface area contributed by atoms with Crippen molar-refractivity contribution in [3.05, 3.63) is 60.2 Å². The number of aromatic nitrogens is 3. The van der Waals surface area contributed by atoms with E-state index >= 15 is 0 Å². The number of carbonyl (C=O) groups is 1. The molecule has 3 heterocycles. The maximum absolute atomic E-state index is 12.6. The number of fused-ring (bicyclic) bond motifs is 1. The van der Waals surface area contributed by atoms with Gasteiger partial charge in [0.15, 0.2) is 0 Å². The monoisotopic (exact) mass is 349 g/mol. The summed E-state index contributed by atoms with van der Waals surface area (Å²) < 4.78 is 5.23. The molecule has 0 saturated heterocycles. The van der Waals surface area contributed by atoms with E-state index in [1.165, 1.54) is 11.3 Å². The summed E-state index contributed by atoms with van der Waals surface area (Å²) in [6, 6.07) is 11.8. The van der Waals surface area contributed by atoms with Crippen molar-refractivity contribution in [3.63, 3.8) is 0 Å². The normalized spacial score (nSPS) is 16.2. The molecule has 7 nitrogen and oxygen atoms in total. The molecule has 1 amide bonds. The van der Waals surface area contributed by atoms with Crippen LogP contribution in [0, 0.1) is 5.92 Å². The molecule has 26 heavy (non-hydrogen) atoms. The number of hydrogen-bond donors (Lipinski definition) is 1. The Labute approximate surface area is 151 Å². The van der Waals surface area contributed by atoms with Crippen molar-refractivity contribution < 1.29 is 9.32 Å². The number of rotatable bonds is 4. The first-order valence-electron chi connectivity index (χ1n) is 8.50. The average Bonchev–Trinajstić information content (AvgIpc) is 3.16. The number of anilines is 1. The van der Waals surface area contributed by atoms with Crippen LogP contribution >= 0.6 is 0 Å². The predicted octanol–water partition coefficient (Wildman–Crippen LogP) is 2.06. The molecule has 3 aromatic rings. The van der Waals surface area contributed by atoms with Crippen molar-refractivity contribution in [2.75, 3.05) is 18.5 Å². The van der Waals surface area contributed by atoms with Gasteiger partial charge in [-0.1, -0.05) is 23.4 Å². The van der Waals surface area contributed by atoms with E-state index in [0.717, 1.165) is 12.0 Å². The van der Waals surface area contributed by atoms with E-state index in [1.807, 2.05) is 31.3 Å². The highest BCUT2D eigenvalue weighted by Crippen LogP contribution is 2.28. The van der Waals surface area contributed by atoms with Gasteiger partial charge >= 0.3 is 0 Å². The second-order valence-electron chi connectivity index (χ2n) is 6.38. The van der Waals surface area contributed by atoms with Gasteiger partial charge in [0.25, 0.3) is 0 Å². The highest BCUT2D eigenvalue weighted by atomic mass is 16.5. The zero-order chi connectivity index (χ0) is 17.9. The van der Waals surface area contributed by atoms with E-state index in [1.54, 1.807) is 12.4 Å². The highest BCUT2D eigenvalue weighted by Gasteiger charge is 2.27. The van der Waals surface area contributed by atoms with Gasteiger partial charge in [0.1, 0.15) is 0 Å². The van der Waals surface area contributed by atoms with Crippen LogP contribution in [-0.2, 0) is 17.8 Å². The fourth-order valence-corrected chi connectivity index (χ4v) is 3.24. The van der Waals surface area contributed by atoms with E-state index in [9.17, 15) is 4.79 Å². The number of benzene rings is 1. The van der Waals surface area contributed by atoms with Crippen LogP contribution in [0.1, 0.15) is 11.5 Å². The van der Waals surface area contributed by atoms with E-state index in [2.05, 4.69) is 37.5 Å². The third kappa shape index (κ3) is 3.28. The molecule has 1 unspecified atom stereocenters. The molecule has 0 bridgehead atoms. The second kappa shape index (κ2) is 6.95. The summed E-state index contributed by atoms with van der Waals surface area (Å²) in [5.74, 6) is 0.769.